The van der Waals surface area contributed by atoms with Gasteiger partial charge in [0.25, 0.3) is 0 Å². The van der Waals surface area contributed by atoms with Crippen molar-refractivity contribution in [2.45, 2.75) is 19.3 Å². The van der Waals surface area contributed by atoms with E-state index in [1.807, 2.05) is 60.8 Å². The number of hydrogen-bond donors (Lipinski definition) is 2. The third-order valence-corrected chi connectivity index (χ3v) is 5.87. The first-order valence-electron chi connectivity index (χ1n) is 11.5. The van der Waals surface area contributed by atoms with Gasteiger partial charge in [-0.25, -0.2) is 4.98 Å². The number of nitrogens with one attached hydrogen (secondary N) is 2. The molecule has 33 heavy (non-hydrogen) atoms. The van der Waals surface area contributed by atoms with Gasteiger partial charge >= 0.3 is 0 Å². The number of rotatable bonds is 8. The molecule has 0 radical (unpaired) electrons. The van der Waals surface area contributed by atoms with Gasteiger partial charge in [0.15, 0.2) is 0 Å². The van der Waals surface area contributed by atoms with Crippen LogP contribution < -0.4 is 10.1 Å². The van der Waals surface area contributed by atoms with Gasteiger partial charge in [0.05, 0.1) is 5.69 Å². The van der Waals surface area contributed by atoms with Crippen molar-refractivity contribution < 1.29 is 4.74 Å². The monoisotopic (exact) mass is 440 g/mol. The first-order chi connectivity index (χ1) is 16.3. The van der Waals surface area contributed by atoms with Crippen LogP contribution in [0, 0.1) is 0 Å². The van der Waals surface area contributed by atoms with Gasteiger partial charge in [-0.3, -0.25) is 15.0 Å². The zero-order chi connectivity index (χ0) is 22.3. The van der Waals surface area contributed by atoms with Crippen molar-refractivity contribution in [2.24, 2.45) is 0 Å². The standard InChI is InChI=1S/C26H28N6O/c1-4-14-32(15-5-1)16-17-33-22-9-7-21(8-10-22)30-25-18-20(11-13-28-25)23-19-29-31-26(23)24-6-2-3-12-27-24/h2-3,6-13,18-19H,1,4-5,14-17H2,(H,28,30)(H,29,31). The van der Waals surface area contributed by atoms with E-state index in [1.54, 1.807) is 12.4 Å². The zero-order valence-electron chi connectivity index (χ0n) is 18.6. The van der Waals surface area contributed by atoms with Crippen molar-refractivity contribution in [2.75, 3.05) is 31.6 Å². The summed E-state index contributed by atoms with van der Waals surface area (Å²) in [5, 5.41) is 10.7. The van der Waals surface area contributed by atoms with E-state index < -0.39 is 0 Å². The second kappa shape index (κ2) is 10.3. The van der Waals surface area contributed by atoms with Crippen LogP contribution in [0.5, 0.6) is 5.75 Å². The van der Waals surface area contributed by atoms with Crippen LogP contribution in [0.3, 0.4) is 0 Å². The molecule has 0 saturated carbocycles. The van der Waals surface area contributed by atoms with Gasteiger partial charge in [0, 0.05) is 36.4 Å². The van der Waals surface area contributed by atoms with E-state index in [9.17, 15) is 0 Å². The molecular weight excluding hydrogens is 412 g/mol. The van der Waals surface area contributed by atoms with Crippen molar-refractivity contribution in [3.8, 4) is 28.3 Å². The van der Waals surface area contributed by atoms with E-state index in [4.69, 9.17) is 4.74 Å². The molecule has 0 amide bonds. The fourth-order valence-corrected chi connectivity index (χ4v) is 4.13. The smallest absolute Gasteiger partial charge is 0.130 e. The minimum absolute atomic E-state index is 0.722. The number of nitrogens with zero attached hydrogens (tertiary/aromatic N) is 4. The predicted molar refractivity (Wildman–Crippen MR) is 131 cm³/mol. The molecule has 7 nitrogen and oxygen atoms in total. The molecule has 5 rings (SSSR count). The number of piperidine rings is 1. The first-order valence-corrected chi connectivity index (χ1v) is 11.5. The van der Waals surface area contributed by atoms with E-state index >= 15 is 0 Å². The number of anilines is 2. The number of hydrogen-bond acceptors (Lipinski definition) is 6. The van der Waals surface area contributed by atoms with Gasteiger partial charge in [-0.1, -0.05) is 12.5 Å². The summed E-state index contributed by atoms with van der Waals surface area (Å²) >= 11 is 0. The number of H-pyrrole nitrogens is 1. The third-order valence-electron chi connectivity index (χ3n) is 5.87. The maximum Gasteiger partial charge on any atom is 0.130 e. The molecule has 1 fully saturated rings. The van der Waals surface area contributed by atoms with E-state index in [1.165, 1.54) is 32.4 Å². The molecule has 0 bridgehead atoms. The van der Waals surface area contributed by atoms with Crippen molar-refractivity contribution in [1.82, 2.24) is 25.1 Å². The summed E-state index contributed by atoms with van der Waals surface area (Å²) < 4.78 is 5.94. The molecule has 4 heterocycles. The fourth-order valence-electron chi connectivity index (χ4n) is 4.13. The molecule has 1 aromatic carbocycles. The normalized spacial score (nSPS) is 14.2. The number of benzene rings is 1. The molecule has 7 heteroatoms. The Balaban J connectivity index is 1.22. The van der Waals surface area contributed by atoms with Gasteiger partial charge in [-0.15, -0.1) is 0 Å². The average Bonchev–Trinajstić information content (AvgIpc) is 3.37. The molecular formula is C26H28N6O. The van der Waals surface area contributed by atoms with E-state index in [-0.39, 0.29) is 0 Å². The lowest BCUT2D eigenvalue weighted by Crippen LogP contribution is -2.33. The Morgan fingerprint density at radius 2 is 1.82 bits per heavy atom. The largest absolute Gasteiger partial charge is 0.492 e. The maximum absolute atomic E-state index is 5.94. The molecule has 0 spiro atoms. The molecule has 0 unspecified atom stereocenters. The van der Waals surface area contributed by atoms with Crippen LogP contribution in [0.25, 0.3) is 22.5 Å². The van der Waals surface area contributed by atoms with E-state index in [0.29, 0.717) is 0 Å². The molecule has 1 aliphatic heterocycles. The van der Waals surface area contributed by atoms with Crippen molar-refractivity contribution in [3.05, 3.63) is 73.2 Å². The first kappa shape index (κ1) is 21.2. The highest BCUT2D eigenvalue weighted by Crippen LogP contribution is 2.30. The van der Waals surface area contributed by atoms with Crippen LogP contribution in [0.4, 0.5) is 11.5 Å². The molecule has 0 atom stereocenters. The highest BCUT2D eigenvalue weighted by molar-refractivity contribution is 5.80. The number of pyridine rings is 2. The Hall–Kier alpha value is -3.71. The third kappa shape index (κ3) is 5.38. The highest BCUT2D eigenvalue weighted by Gasteiger charge is 2.12. The lowest BCUT2D eigenvalue weighted by atomic mass is 10.1. The van der Waals surface area contributed by atoms with Gasteiger partial charge < -0.3 is 10.1 Å². The summed E-state index contributed by atoms with van der Waals surface area (Å²) in [5.74, 6) is 1.65. The molecule has 2 N–H and O–H groups in total. The minimum atomic E-state index is 0.722. The molecule has 3 aromatic heterocycles. The molecule has 168 valence electrons. The number of aromatic nitrogens is 4. The lowest BCUT2D eigenvalue weighted by molar-refractivity contribution is 0.183. The Labute approximate surface area is 193 Å². The summed E-state index contributed by atoms with van der Waals surface area (Å²) in [7, 11) is 0. The SMILES string of the molecule is c1ccc(-c2n[nH]cc2-c2ccnc(Nc3ccc(OCCN4CCCCC4)cc3)c2)nc1. The second-order valence-electron chi connectivity index (χ2n) is 8.19. The summed E-state index contributed by atoms with van der Waals surface area (Å²) in [5.41, 5.74) is 4.60. The molecule has 1 aliphatic rings. The Morgan fingerprint density at radius 1 is 0.939 bits per heavy atom. The van der Waals surface area contributed by atoms with Crippen molar-refractivity contribution in [1.29, 1.82) is 0 Å². The molecule has 0 aliphatic carbocycles. The quantitative estimate of drug-likeness (QED) is 0.395. The highest BCUT2D eigenvalue weighted by atomic mass is 16.5. The maximum atomic E-state index is 5.94. The Morgan fingerprint density at radius 3 is 2.64 bits per heavy atom. The average molecular weight is 441 g/mol. The summed E-state index contributed by atoms with van der Waals surface area (Å²) in [6.07, 6.45) is 9.43. The van der Waals surface area contributed by atoms with Crippen LogP contribution in [0.2, 0.25) is 0 Å². The van der Waals surface area contributed by atoms with Crippen LogP contribution in [0.1, 0.15) is 19.3 Å². The number of likely N-dealkylation sites (tertiary alicyclic amines) is 1. The Bertz CT molecular complexity index is 1150. The number of aromatic amines is 1. The van der Waals surface area contributed by atoms with Gasteiger partial charge in [0.1, 0.15) is 23.9 Å². The summed E-state index contributed by atoms with van der Waals surface area (Å²) in [4.78, 5) is 11.4. The van der Waals surface area contributed by atoms with Gasteiger partial charge in [-0.2, -0.15) is 5.10 Å². The van der Waals surface area contributed by atoms with Crippen LogP contribution in [-0.2, 0) is 0 Å². The topological polar surface area (TPSA) is 79.0 Å². The lowest BCUT2D eigenvalue weighted by Gasteiger charge is -2.26. The Kier molecular flexibility index (Phi) is 6.58. The zero-order valence-corrected chi connectivity index (χ0v) is 18.6. The summed E-state index contributed by atoms with van der Waals surface area (Å²) in [6, 6.07) is 17.8. The predicted octanol–water partition coefficient (Wildman–Crippen LogP) is 5.14. The van der Waals surface area contributed by atoms with Crippen LogP contribution >= 0.6 is 0 Å². The molecule has 1 saturated heterocycles. The number of ether oxygens (including phenoxy) is 1. The summed E-state index contributed by atoms with van der Waals surface area (Å²) in [6.45, 7) is 4.10. The van der Waals surface area contributed by atoms with Crippen molar-refractivity contribution >= 4 is 11.5 Å². The van der Waals surface area contributed by atoms with Gasteiger partial charge in [-0.05, 0) is 80.0 Å². The van der Waals surface area contributed by atoms with Crippen LogP contribution in [0.15, 0.2) is 73.2 Å². The minimum Gasteiger partial charge on any atom is -0.492 e. The van der Waals surface area contributed by atoms with Crippen molar-refractivity contribution in [3.63, 3.8) is 0 Å². The van der Waals surface area contributed by atoms with Gasteiger partial charge in [0.2, 0.25) is 0 Å². The van der Waals surface area contributed by atoms with E-state index in [0.717, 1.165) is 52.9 Å². The van der Waals surface area contributed by atoms with E-state index in [2.05, 4.69) is 30.4 Å². The fraction of sp³-hybridized carbons (Fsp3) is 0.269. The van der Waals surface area contributed by atoms with Crippen LogP contribution in [-0.4, -0.2) is 51.3 Å². The molecule has 4 aromatic rings. The second-order valence-corrected chi connectivity index (χ2v) is 8.19.